The van der Waals surface area contributed by atoms with Gasteiger partial charge in [0.15, 0.2) is 11.6 Å². The summed E-state index contributed by atoms with van der Waals surface area (Å²) in [7, 11) is 1.32. The number of phenols is 2. The summed E-state index contributed by atoms with van der Waals surface area (Å²) in [5.41, 5.74) is -3.62. The molecule has 2 aliphatic carbocycles. The largest absolute Gasteiger partial charge is 0.507 e. The van der Waals surface area contributed by atoms with Gasteiger partial charge in [-0.1, -0.05) is 24.8 Å². The summed E-state index contributed by atoms with van der Waals surface area (Å²) < 4.78 is 16.3. The highest BCUT2D eigenvalue weighted by Crippen LogP contribution is 2.53. The zero-order chi connectivity index (χ0) is 32.1. The zero-order valence-electron chi connectivity index (χ0n) is 24.0. The smallest absolute Gasteiger partial charge is 0.407 e. The zero-order valence-corrected chi connectivity index (χ0v) is 24.0. The van der Waals surface area contributed by atoms with Crippen molar-refractivity contribution >= 4 is 23.4 Å². The molecule has 234 valence electrons. The molecule has 5 rings (SSSR count). The number of carbonyl (C=O) groups excluding carboxylic acids is 4. The topological polar surface area (TPSA) is 209 Å². The van der Waals surface area contributed by atoms with Crippen molar-refractivity contribution in [2.75, 3.05) is 20.3 Å². The normalized spacial score (nSPS) is 27.4. The molecule has 1 fully saturated rings. The first kappa shape index (κ1) is 31.1. The fourth-order valence-electron chi connectivity index (χ4n) is 6.56. The van der Waals surface area contributed by atoms with Crippen molar-refractivity contribution in [2.45, 2.75) is 62.1 Å². The van der Waals surface area contributed by atoms with Crippen molar-refractivity contribution in [3.05, 3.63) is 64.2 Å². The Labute approximate surface area is 251 Å². The third kappa shape index (κ3) is 4.91. The first-order chi connectivity index (χ1) is 20.9. The Morgan fingerprint density at radius 3 is 2.52 bits per heavy atom. The summed E-state index contributed by atoms with van der Waals surface area (Å²) in [5.74, 6) is -4.95. The molecule has 2 aromatic rings. The number of aliphatic hydroxyl groups is 3. The molecule has 13 heteroatoms. The summed E-state index contributed by atoms with van der Waals surface area (Å²) in [6.45, 7) is 3.88. The molecule has 0 bridgehead atoms. The van der Waals surface area contributed by atoms with Gasteiger partial charge in [0.2, 0.25) is 5.78 Å². The number of phenolic OH excluding ortho intramolecular Hbond substituents is 2. The highest BCUT2D eigenvalue weighted by Gasteiger charge is 2.52. The van der Waals surface area contributed by atoms with Crippen molar-refractivity contribution in [3.63, 3.8) is 0 Å². The van der Waals surface area contributed by atoms with Crippen LogP contribution in [0.25, 0.3) is 0 Å². The minimum atomic E-state index is -2.26. The van der Waals surface area contributed by atoms with Crippen LogP contribution in [0.2, 0.25) is 0 Å². The average Bonchev–Trinajstić information content (AvgIpc) is 3.01. The van der Waals surface area contributed by atoms with Crippen LogP contribution in [-0.2, 0) is 20.7 Å². The lowest BCUT2D eigenvalue weighted by Gasteiger charge is -2.46. The summed E-state index contributed by atoms with van der Waals surface area (Å²) in [6.07, 6.45) is -3.72. The van der Waals surface area contributed by atoms with Crippen LogP contribution in [0, 0.1) is 0 Å². The fourth-order valence-corrected chi connectivity index (χ4v) is 6.56. The minimum absolute atomic E-state index is 0.0438. The number of benzene rings is 2. The second kappa shape index (κ2) is 11.7. The monoisotopic (exact) mass is 611 g/mol. The molecule has 1 saturated heterocycles. The van der Waals surface area contributed by atoms with Gasteiger partial charge in [0.25, 0.3) is 0 Å². The Morgan fingerprint density at radius 2 is 1.86 bits per heavy atom. The second-order valence-corrected chi connectivity index (χ2v) is 11.2. The van der Waals surface area contributed by atoms with Gasteiger partial charge in [-0.2, -0.15) is 0 Å². The van der Waals surface area contributed by atoms with Gasteiger partial charge in [0, 0.05) is 29.0 Å². The first-order valence-corrected chi connectivity index (χ1v) is 14.0. The van der Waals surface area contributed by atoms with Crippen LogP contribution >= 0.6 is 0 Å². The molecule has 0 saturated carbocycles. The molecule has 2 aromatic carbocycles. The van der Waals surface area contributed by atoms with E-state index in [-0.39, 0.29) is 41.0 Å². The van der Waals surface area contributed by atoms with Gasteiger partial charge in [-0.3, -0.25) is 14.4 Å². The number of rotatable bonds is 7. The van der Waals surface area contributed by atoms with Gasteiger partial charge in [-0.15, -0.1) is 0 Å². The van der Waals surface area contributed by atoms with Crippen LogP contribution in [0.5, 0.6) is 17.2 Å². The molecular weight excluding hydrogens is 578 g/mol. The summed E-state index contributed by atoms with van der Waals surface area (Å²) in [6, 6.07) is 3.40. The number of ether oxygens (including phenoxy) is 3. The quantitative estimate of drug-likeness (QED) is 0.163. The lowest BCUT2D eigenvalue weighted by atomic mass is 9.66. The lowest BCUT2D eigenvalue weighted by molar-refractivity contribution is -0.151. The van der Waals surface area contributed by atoms with Crippen molar-refractivity contribution in [1.29, 1.82) is 0 Å². The fraction of sp³-hybridized carbons (Fsp3) is 0.419. The number of fused-ring (bicyclic) bond motifs is 3. The molecule has 3 aliphatic rings. The Bertz CT molecular complexity index is 1570. The van der Waals surface area contributed by atoms with E-state index in [0.717, 1.165) is 0 Å². The number of alkyl carbamates (subject to hydrolysis) is 1. The molecule has 0 spiro atoms. The van der Waals surface area contributed by atoms with Crippen LogP contribution in [0.3, 0.4) is 0 Å². The number of amides is 1. The van der Waals surface area contributed by atoms with Crippen LogP contribution in [0.1, 0.15) is 68.7 Å². The molecule has 4 unspecified atom stereocenters. The molecular formula is C31H33NO12. The maximum Gasteiger partial charge on any atom is 0.407 e. The maximum absolute atomic E-state index is 13.8. The molecule has 6 atom stereocenters. The number of aliphatic hydroxyl groups excluding tert-OH is 2. The number of nitrogens with one attached hydrogen (secondary N) is 1. The van der Waals surface area contributed by atoms with E-state index in [1.807, 2.05) is 0 Å². The second-order valence-electron chi connectivity index (χ2n) is 11.2. The van der Waals surface area contributed by atoms with E-state index in [2.05, 4.69) is 11.9 Å². The molecule has 1 aliphatic heterocycles. The van der Waals surface area contributed by atoms with Gasteiger partial charge in [0.1, 0.15) is 42.2 Å². The van der Waals surface area contributed by atoms with Crippen LogP contribution in [0.15, 0.2) is 30.9 Å². The van der Waals surface area contributed by atoms with Crippen molar-refractivity contribution in [1.82, 2.24) is 5.32 Å². The van der Waals surface area contributed by atoms with Crippen LogP contribution in [-0.4, -0.2) is 99.3 Å². The summed E-state index contributed by atoms with van der Waals surface area (Å²) >= 11 is 0. The molecule has 0 radical (unpaired) electrons. The van der Waals surface area contributed by atoms with E-state index >= 15 is 0 Å². The van der Waals surface area contributed by atoms with Crippen molar-refractivity contribution in [3.8, 4) is 17.2 Å². The number of hydrogen-bond donors (Lipinski definition) is 6. The number of Topliss-reactive ketones (excluding diaryl/α,β-unsaturated/α-hetero) is 1. The maximum atomic E-state index is 13.8. The number of hydrogen-bond acceptors (Lipinski definition) is 12. The Hall–Kier alpha value is -4.30. The summed E-state index contributed by atoms with van der Waals surface area (Å²) in [4.78, 5) is 52.7. The van der Waals surface area contributed by atoms with Crippen molar-refractivity contribution in [2.24, 2.45) is 0 Å². The molecule has 44 heavy (non-hydrogen) atoms. The van der Waals surface area contributed by atoms with Crippen LogP contribution in [0.4, 0.5) is 4.79 Å². The molecule has 1 heterocycles. The van der Waals surface area contributed by atoms with Gasteiger partial charge in [-0.05, 0) is 25.8 Å². The standard InChI is InChI=1S/C31H33NO12/c1-4-8-43-30(40)32-17-9-19(44-13(2)25(17)35)15-10-31(41,20(34)12-33)11-16-21(15)28(38)24-23(27(16)37)26(36)14-6-5-7-18(42-3)22(14)29(24)39/h4-7,13,15,17,19,25,33,35,37-38,41H,1,8-12H2,2-3H3,(H,32,40)/t13?,15-,17?,19?,25?,31-/m1/s1. The van der Waals surface area contributed by atoms with E-state index in [4.69, 9.17) is 14.2 Å². The Morgan fingerprint density at radius 1 is 1.16 bits per heavy atom. The molecule has 0 aromatic heterocycles. The lowest BCUT2D eigenvalue weighted by Crippen LogP contribution is -2.57. The van der Waals surface area contributed by atoms with E-state index in [1.54, 1.807) is 0 Å². The number of carbonyl (C=O) groups is 4. The SMILES string of the molecule is C=CCOC(=O)NC1CC([C@H]2C[C@](O)(C(=O)CO)Cc3c(O)c4c(c(O)c32)C(=O)c2c(OC)cccc2C4=O)OC(C)C1O. The predicted octanol–water partition coefficient (Wildman–Crippen LogP) is 1.02. The van der Waals surface area contributed by atoms with Gasteiger partial charge >= 0.3 is 6.09 Å². The van der Waals surface area contributed by atoms with Gasteiger partial charge in [-0.25, -0.2) is 4.79 Å². The minimum Gasteiger partial charge on any atom is -0.507 e. The number of aromatic hydroxyl groups is 2. The van der Waals surface area contributed by atoms with E-state index in [9.17, 15) is 44.7 Å². The first-order valence-electron chi connectivity index (χ1n) is 14.0. The Kier molecular flexibility index (Phi) is 8.25. The van der Waals surface area contributed by atoms with Crippen LogP contribution < -0.4 is 10.1 Å². The van der Waals surface area contributed by atoms with Gasteiger partial charge < -0.3 is 45.1 Å². The predicted molar refractivity (Wildman–Crippen MR) is 151 cm³/mol. The number of methoxy groups -OCH3 is 1. The van der Waals surface area contributed by atoms with Gasteiger partial charge in [0.05, 0.1) is 42.0 Å². The molecule has 1 amide bonds. The molecule has 13 nitrogen and oxygen atoms in total. The summed E-state index contributed by atoms with van der Waals surface area (Å²) in [5, 5.41) is 57.8. The third-order valence-corrected chi connectivity index (χ3v) is 8.68. The third-order valence-electron chi connectivity index (χ3n) is 8.68. The molecule has 6 N–H and O–H groups in total. The van der Waals surface area contributed by atoms with E-state index in [0.29, 0.717) is 0 Å². The Balaban J connectivity index is 1.67. The number of ketones is 3. The van der Waals surface area contributed by atoms with E-state index < -0.39 is 101 Å². The van der Waals surface area contributed by atoms with E-state index in [1.165, 1.54) is 38.3 Å². The van der Waals surface area contributed by atoms with Crippen molar-refractivity contribution < 1.29 is 58.9 Å². The highest BCUT2D eigenvalue weighted by atomic mass is 16.5. The highest BCUT2D eigenvalue weighted by molar-refractivity contribution is 6.31. The average molecular weight is 612 g/mol.